The Balaban J connectivity index is 2.00. The molecule has 1 N–H and O–H groups in total. The van der Waals surface area contributed by atoms with Gasteiger partial charge in [0.25, 0.3) is 0 Å². The van der Waals surface area contributed by atoms with Crippen LogP contribution in [0.15, 0.2) is 43.0 Å². The quantitative estimate of drug-likeness (QED) is 0.360. The van der Waals surface area contributed by atoms with Gasteiger partial charge in [-0.25, -0.2) is 0 Å². The first-order valence-corrected chi connectivity index (χ1v) is 8.16. The Morgan fingerprint density at radius 2 is 1.67 bits per heavy atom. The van der Waals surface area contributed by atoms with Crippen molar-refractivity contribution in [1.29, 1.82) is 0 Å². The summed E-state index contributed by atoms with van der Waals surface area (Å²) in [7, 11) is 0. The molecule has 0 aliphatic rings. The molecule has 0 aliphatic carbocycles. The Morgan fingerprint density at radius 1 is 1.00 bits per heavy atom. The van der Waals surface area contributed by atoms with Crippen molar-refractivity contribution in [2.75, 3.05) is 0 Å². The second-order valence-electron chi connectivity index (χ2n) is 5.51. The molecule has 1 rings (SSSR count). The second-order valence-corrected chi connectivity index (χ2v) is 5.51. The van der Waals surface area contributed by atoms with Crippen LogP contribution in [0, 0.1) is 11.8 Å². The molecular weight excluding hydrogens is 256 g/mol. The lowest BCUT2D eigenvalue weighted by atomic mass is 10.0. The zero-order valence-electron chi connectivity index (χ0n) is 13.1. The monoisotopic (exact) mass is 284 g/mol. The summed E-state index contributed by atoms with van der Waals surface area (Å²) in [5.41, 5.74) is 1.02. The largest absolute Gasteiger partial charge is 0.392 e. The van der Waals surface area contributed by atoms with Crippen LogP contribution in [-0.2, 0) is 0 Å². The first-order chi connectivity index (χ1) is 10.3. The molecule has 21 heavy (non-hydrogen) atoms. The lowest BCUT2D eigenvalue weighted by molar-refractivity contribution is 0.166. The summed E-state index contributed by atoms with van der Waals surface area (Å²) < 4.78 is 0. The fourth-order valence-electron chi connectivity index (χ4n) is 2.27. The zero-order chi connectivity index (χ0) is 15.2. The molecule has 114 valence electrons. The van der Waals surface area contributed by atoms with Gasteiger partial charge in [0.05, 0.1) is 6.10 Å². The van der Waals surface area contributed by atoms with Crippen LogP contribution >= 0.6 is 0 Å². The molecule has 0 bridgehead atoms. The maximum atomic E-state index is 9.89. The fraction of sp³-hybridized carbons (Fsp3) is 0.500. The molecule has 0 amide bonds. The molecule has 0 aromatic heterocycles. The number of unbranched alkanes of at least 4 members (excludes halogenated alkanes) is 6. The van der Waals surface area contributed by atoms with Crippen LogP contribution in [0.25, 0.3) is 0 Å². The van der Waals surface area contributed by atoms with Crippen LogP contribution < -0.4 is 0 Å². The highest BCUT2D eigenvalue weighted by Crippen LogP contribution is 2.11. The fourth-order valence-corrected chi connectivity index (χ4v) is 2.27. The van der Waals surface area contributed by atoms with Crippen LogP contribution in [0.2, 0.25) is 0 Å². The van der Waals surface area contributed by atoms with Crippen LogP contribution in [0.3, 0.4) is 0 Å². The van der Waals surface area contributed by atoms with Gasteiger partial charge in [0.2, 0.25) is 0 Å². The zero-order valence-corrected chi connectivity index (χ0v) is 13.1. The first-order valence-electron chi connectivity index (χ1n) is 8.16. The van der Waals surface area contributed by atoms with Crippen molar-refractivity contribution < 1.29 is 5.11 Å². The van der Waals surface area contributed by atoms with Crippen LogP contribution in [-0.4, -0.2) is 11.2 Å². The molecule has 1 aromatic carbocycles. The van der Waals surface area contributed by atoms with Gasteiger partial charge in [-0.3, -0.25) is 0 Å². The van der Waals surface area contributed by atoms with Gasteiger partial charge in [0.15, 0.2) is 0 Å². The van der Waals surface area contributed by atoms with Crippen LogP contribution in [0.4, 0.5) is 0 Å². The Kier molecular flexibility index (Phi) is 10.2. The van der Waals surface area contributed by atoms with Gasteiger partial charge < -0.3 is 5.11 Å². The Hall–Kier alpha value is -1.52. The Morgan fingerprint density at radius 3 is 2.38 bits per heavy atom. The van der Waals surface area contributed by atoms with E-state index in [1.54, 1.807) is 0 Å². The van der Waals surface area contributed by atoms with E-state index in [4.69, 9.17) is 0 Å². The average molecular weight is 284 g/mol. The predicted octanol–water partition coefficient (Wildman–Crippen LogP) is 5.10. The SMILES string of the molecule is C=CCCCCCCCCC(O)CC#Cc1ccccc1. The number of allylic oxidation sites excluding steroid dienone is 1. The third-order valence-electron chi connectivity index (χ3n) is 3.54. The Bertz CT molecular complexity index is 424. The van der Waals surface area contributed by atoms with E-state index in [0.29, 0.717) is 6.42 Å². The van der Waals surface area contributed by atoms with Crippen molar-refractivity contribution in [3.05, 3.63) is 48.6 Å². The van der Waals surface area contributed by atoms with Gasteiger partial charge >= 0.3 is 0 Å². The van der Waals surface area contributed by atoms with Crippen molar-refractivity contribution in [3.63, 3.8) is 0 Å². The molecule has 1 atom stereocenters. The summed E-state index contributed by atoms with van der Waals surface area (Å²) >= 11 is 0. The van der Waals surface area contributed by atoms with Gasteiger partial charge in [-0.05, 0) is 31.4 Å². The standard InChI is InChI=1S/C20H28O/c1-2-3-4-5-6-7-8-12-17-20(21)18-13-16-19-14-10-9-11-15-19/h2,9-11,14-15,20-21H,1,3-8,12,17-18H2. The molecule has 0 aliphatic heterocycles. The highest BCUT2D eigenvalue weighted by Gasteiger charge is 2.01. The van der Waals surface area contributed by atoms with Crippen molar-refractivity contribution >= 4 is 0 Å². The Labute approximate surface area is 130 Å². The van der Waals surface area contributed by atoms with Gasteiger partial charge in [-0.2, -0.15) is 0 Å². The molecule has 1 aromatic rings. The van der Waals surface area contributed by atoms with Crippen LogP contribution in [0.1, 0.15) is 63.4 Å². The molecule has 1 nitrogen and oxygen atoms in total. The second kappa shape index (κ2) is 12.2. The number of benzene rings is 1. The number of rotatable bonds is 10. The van der Waals surface area contributed by atoms with E-state index in [0.717, 1.165) is 24.8 Å². The lowest BCUT2D eigenvalue weighted by Crippen LogP contribution is -2.04. The van der Waals surface area contributed by atoms with Gasteiger partial charge in [0.1, 0.15) is 0 Å². The smallest absolute Gasteiger partial charge is 0.0649 e. The van der Waals surface area contributed by atoms with E-state index >= 15 is 0 Å². The maximum Gasteiger partial charge on any atom is 0.0649 e. The predicted molar refractivity (Wildman–Crippen MR) is 91.1 cm³/mol. The minimum Gasteiger partial charge on any atom is -0.392 e. The average Bonchev–Trinajstić information content (AvgIpc) is 2.51. The summed E-state index contributed by atoms with van der Waals surface area (Å²) in [5, 5.41) is 9.89. The van der Waals surface area contributed by atoms with Gasteiger partial charge in [0, 0.05) is 12.0 Å². The van der Waals surface area contributed by atoms with E-state index < -0.39 is 0 Å². The minimum atomic E-state index is -0.276. The molecule has 1 unspecified atom stereocenters. The summed E-state index contributed by atoms with van der Waals surface area (Å²) in [6.07, 6.45) is 11.8. The van der Waals surface area contributed by atoms with E-state index in [2.05, 4.69) is 18.4 Å². The highest BCUT2D eigenvalue weighted by molar-refractivity contribution is 5.33. The lowest BCUT2D eigenvalue weighted by Gasteiger charge is -2.06. The van der Waals surface area contributed by atoms with Gasteiger partial charge in [-0.1, -0.05) is 68.2 Å². The van der Waals surface area contributed by atoms with Gasteiger partial charge in [-0.15, -0.1) is 6.58 Å². The summed E-state index contributed by atoms with van der Waals surface area (Å²) in [5.74, 6) is 6.16. The molecule has 0 radical (unpaired) electrons. The number of hydrogen-bond acceptors (Lipinski definition) is 1. The van der Waals surface area contributed by atoms with Crippen molar-refractivity contribution in [2.24, 2.45) is 0 Å². The normalized spacial score (nSPS) is 11.5. The summed E-state index contributed by atoms with van der Waals surface area (Å²) in [4.78, 5) is 0. The highest BCUT2D eigenvalue weighted by atomic mass is 16.3. The minimum absolute atomic E-state index is 0.276. The van der Waals surface area contributed by atoms with Crippen molar-refractivity contribution in [2.45, 2.75) is 63.9 Å². The molecule has 1 heteroatoms. The van der Waals surface area contributed by atoms with Crippen molar-refractivity contribution in [3.8, 4) is 11.8 Å². The molecular formula is C20H28O. The van der Waals surface area contributed by atoms with E-state index in [9.17, 15) is 5.11 Å². The number of aliphatic hydroxyl groups is 1. The van der Waals surface area contributed by atoms with Crippen molar-refractivity contribution in [1.82, 2.24) is 0 Å². The van der Waals surface area contributed by atoms with Crippen LogP contribution in [0.5, 0.6) is 0 Å². The topological polar surface area (TPSA) is 20.2 Å². The number of aliphatic hydroxyl groups excluding tert-OH is 1. The van der Waals surface area contributed by atoms with E-state index in [-0.39, 0.29) is 6.10 Å². The molecule has 0 saturated carbocycles. The molecule has 0 fully saturated rings. The molecule has 0 heterocycles. The summed E-state index contributed by atoms with van der Waals surface area (Å²) in [6, 6.07) is 9.93. The van der Waals surface area contributed by atoms with E-state index in [1.807, 2.05) is 36.4 Å². The third kappa shape index (κ3) is 9.93. The third-order valence-corrected chi connectivity index (χ3v) is 3.54. The first kappa shape index (κ1) is 17.5. The summed E-state index contributed by atoms with van der Waals surface area (Å²) in [6.45, 7) is 3.73. The molecule has 0 saturated heterocycles. The maximum absolute atomic E-state index is 9.89. The molecule has 0 spiro atoms. The van der Waals surface area contributed by atoms with E-state index in [1.165, 1.54) is 32.1 Å². The number of hydrogen-bond donors (Lipinski definition) is 1.